The second-order valence-corrected chi connectivity index (χ2v) is 4.85. The first-order chi connectivity index (χ1) is 9.13. The van der Waals surface area contributed by atoms with E-state index < -0.39 is 0 Å². The van der Waals surface area contributed by atoms with E-state index >= 15 is 0 Å². The minimum atomic E-state index is -0.344. The van der Waals surface area contributed by atoms with Gasteiger partial charge in [-0.25, -0.2) is 9.37 Å². The third kappa shape index (κ3) is 2.52. The van der Waals surface area contributed by atoms with E-state index in [2.05, 4.69) is 10.3 Å². The number of aryl methyl sites for hydroxylation is 1. The first kappa shape index (κ1) is 12.0. The number of hydrogen-bond acceptors (Lipinski definition) is 3. The van der Waals surface area contributed by atoms with Crippen LogP contribution in [-0.4, -0.2) is 21.5 Å². The molecule has 0 aliphatic heterocycles. The molecule has 5 nitrogen and oxygen atoms in total. The molecule has 0 spiro atoms. The smallest absolute Gasteiger partial charge is 0.222 e. The second-order valence-electron chi connectivity index (χ2n) is 4.85. The number of imidazole rings is 1. The normalized spacial score (nSPS) is 14.8. The van der Waals surface area contributed by atoms with Crippen molar-refractivity contribution < 1.29 is 9.18 Å². The maximum atomic E-state index is 13.1. The SMILES string of the molecule is Nc1nc2cc(F)ccc2n1CCC(=O)NC1CC1. The molecule has 1 aromatic heterocycles. The molecule has 1 amide bonds. The number of anilines is 1. The predicted octanol–water partition coefficient (Wildman–Crippen LogP) is 1.43. The average molecular weight is 262 g/mol. The van der Waals surface area contributed by atoms with Crippen molar-refractivity contribution in [3.63, 3.8) is 0 Å². The van der Waals surface area contributed by atoms with Gasteiger partial charge < -0.3 is 15.6 Å². The number of nitrogens with one attached hydrogen (secondary N) is 1. The van der Waals surface area contributed by atoms with E-state index in [0.717, 1.165) is 18.4 Å². The number of nitrogens with two attached hydrogens (primary N) is 1. The van der Waals surface area contributed by atoms with Crippen LogP contribution in [0.1, 0.15) is 19.3 Å². The minimum absolute atomic E-state index is 0.0193. The van der Waals surface area contributed by atoms with Gasteiger partial charge in [0.25, 0.3) is 0 Å². The predicted molar refractivity (Wildman–Crippen MR) is 69.9 cm³/mol. The van der Waals surface area contributed by atoms with Crippen molar-refractivity contribution in [1.82, 2.24) is 14.9 Å². The van der Waals surface area contributed by atoms with Gasteiger partial charge in [0.15, 0.2) is 0 Å². The van der Waals surface area contributed by atoms with E-state index in [1.54, 1.807) is 10.6 Å². The molecule has 1 heterocycles. The molecular formula is C13H15FN4O. The van der Waals surface area contributed by atoms with Crippen LogP contribution in [-0.2, 0) is 11.3 Å². The standard InChI is InChI=1S/C13H15FN4O/c14-8-1-4-11-10(7-8)17-13(15)18(11)6-5-12(19)16-9-2-3-9/h1,4,7,9H,2-3,5-6H2,(H2,15,17)(H,16,19). The molecule has 0 bridgehead atoms. The van der Waals surface area contributed by atoms with Gasteiger partial charge in [0.05, 0.1) is 11.0 Å². The molecule has 0 radical (unpaired) electrons. The summed E-state index contributed by atoms with van der Waals surface area (Å²) in [6, 6.07) is 4.70. The lowest BCUT2D eigenvalue weighted by Crippen LogP contribution is -2.26. The van der Waals surface area contributed by atoms with Crippen LogP contribution in [0.4, 0.5) is 10.3 Å². The summed E-state index contributed by atoms with van der Waals surface area (Å²) in [7, 11) is 0. The van der Waals surface area contributed by atoms with E-state index in [1.165, 1.54) is 12.1 Å². The van der Waals surface area contributed by atoms with Crippen LogP contribution in [0, 0.1) is 5.82 Å². The maximum Gasteiger partial charge on any atom is 0.222 e. The van der Waals surface area contributed by atoms with Gasteiger partial charge in [-0.05, 0) is 25.0 Å². The van der Waals surface area contributed by atoms with Crippen LogP contribution in [0.15, 0.2) is 18.2 Å². The summed E-state index contributed by atoms with van der Waals surface area (Å²) in [5, 5.41) is 2.92. The van der Waals surface area contributed by atoms with Crippen molar-refractivity contribution in [2.45, 2.75) is 31.8 Å². The number of hydrogen-bond donors (Lipinski definition) is 2. The fraction of sp³-hybridized carbons (Fsp3) is 0.385. The number of amides is 1. The Labute approximate surface area is 109 Å². The Balaban J connectivity index is 1.76. The zero-order chi connectivity index (χ0) is 13.4. The molecule has 0 atom stereocenters. The maximum absolute atomic E-state index is 13.1. The highest BCUT2D eigenvalue weighted by Crippen LogP contribution is 2.20. The summed E-state index contributed by atoms with van der Waals surface area (Å²) in [6.07, 6.45) is 2.49. The molecule has 100 valence electrons. The lowest BCUT2D eigenvalue weighted by Gasteiger charge is -2.07. The van der Waals surface area contributed by atoms with Crippen LogP contribution >= 0.6 is 0 Å². The molecule has 1 aromatic carbocycles. The summed E-state index contributed by atoms with van der Waals surface area (Å²) in [5.74, 6) is -0.0192. The fourth-order valence-electron chi connectivity index (χ4n) is 2.10. The minimum Gasteiger partial charge on any atom is -0.369 e. The van der Waals surface area contributed by atoms with Gasteiger partial charge in [-0.1, -0.05) is 0 Å². The van der Waals surface area contributed by atoms with Crippen molar-refractivity contribution in [3.8, 4) is 0 Å². The van der Waals surface area contributed by atoms with Crippen LogP contribution < -0.4 is 11.1 Å². The number of aromatic nitrogens is 2. The first-order valence-corrected chi connectivity index (χ1v) is 6.34. The highest BCUT2D eigenvalue weighted by molar-refractivity contribution is 5.79. The molecule has 1 fully saturated rings. The number of fused-ring (bicyclic) bond motifs is 1. The molecule has 0 saturated heterocycles. The number of nitrogen functional groups attached to an aromatic ring is 1. The molecule has 1 aliphatic carbocycles. The number of rotatable bonds is 4. The third-order valence-corrected chi connectivity index (χ3v) is 3.24. The monoisotopic (exact) mass is 262 g/mol. The number of carbonyl (C=O) groups is 1. The van der Waals surface area contributed by atoms with Crippen LogP contribution in [0.25, 0.3) is 11.0 Å². The van der Waals surface area contributed by atoms with Crippen molar-refractivity contribution in [2.24, 2.45) is 0 Å². The van der Waals surface area contributed by atoms with Crippen LogP contribution in [0.2, 0.25) is 0 Å². The average Bonchev–Trinajstić information content (AvgIpc) is 3.10. The molecule has 2 aromatic rings. The molecule has 1 saturated carbocycles. The van der Waals surface area contributed by atoms with Gasteiger partial charge in [0, 0.05) is 25.1 Å². The van der Waals surface area contributed by atoms with E-state index in [9.17, 15) is 9.18 Å². The van der Waals surface area contributed by atoms with Crippen molar-refractivity contribution in [1.29, 1.82) is 0 Å². The Morgan fingerprint density at radius 2 is 2.32 bits per heavy atom. The Morgan fingerprint density at radius 3 is 3.05 bits per heavy atom. The van der Waals surface area contributed by atoms with E-state index in [0.29, 0.717) is 30.5 Å². The zero-order valence-corrected chi connectivity index (χ0v) is 10.4. The summed E-state index contributed by atoms with van der Waals surface area (Å²) in [6.45, 7) is 0.451. The highest BCUT2D eigenvalue weighted by atomic mass is 19.1. The number of halogens is 1. The molecule has 1 aliphatic rings. The Bertz CT molecular complexity index is 633. The number of benzene rings is 1. The molecule has 3 rings (SSSR count). The summed E-state index contributed by atoms with van der Waals surface area (Å²) < 4.78 is 14.8. The van der Waals surface area contributed by atoms with Gasteiger partial charge in [0.2, 0.25) is 11.9 Å². The van der Waals surface area contributed by atoms with Crippen molar-refractivity contribution >= 4 is 22.9 Å². The Kier molecular flexibility index (Phi) is 2.85. The summed E-state index contributed by atoms with van der Waals surface area (Å²) in [5.41, 5.74) is 7.06. The molecule has 6 heteroatoms. The largest absolute Gasteiger partial charge is 0.369 e. The van der Waals surface area contributed by atoms with Gasteiger partial charge in [-0.3, -0.25) is 4.79 Å². The van der Waals surface area contributed by atoms with Gasteiger partial charge in [-0.2, -0.15) is 0 Å². The number of nitrogens with zero attached hydrogens (tertiary/aromatic N) is 2. The summed E-state index contributed by atoms with van der Waals surface area (Å²) >= 11 is 0. The lowest BCUT2D eigenvalue weighted by atomic mass is 10.3. The first-order valence-electron chi connectivity index (χ1n) is 6.34. The van der Waals surface area contributed by atoms with Crippen LogP contribution in [0.3, 0.4) is 0 Å². The lowest BCUT2D eigenvalue weighted by molar-refractivity contribution is -0.121. The summed E-state index contributed by atoms with van der Waals surface area (Å²) in [4.78, 5) is 15.7. The van der Waals surface area contributed by atoms with E-state index in [1.807, 2.05) is 0 Å². The van der Waals surface area contributed by atoms with E-state index in [-0.39, 0.29) is 11.7 Å². The fourth-order valence-corrected chi connectivity index (χ4v) is 2.10. The Morgan fingerprint density at radius 1 is 1.53 bits per heavy atom. The molecule has 0 unspecified atom stereocenters. The molecular weight excluding hydrogens is 247 g/mol. The zero-order valence-electron chi connectivity index (χ0n) is 10.4. The van der Waals surface area contributed by atoms with Crippen LogP contribution in [0.5, 0.6) is 0 Å². The van der Waals surface area contributed by atoms with Crippen molar-refractivity contribution in [2.75, 3.05) is 5.73 Å². The van der Waals surface area contributed by atoms with Crippen molar-refractivity contribution in [3.05, 3.63) is 24.0 Å². The molecule has 19 heavy (non-hydrogen) atoms. The van der Waals surface area contributed by atoms with Gasteiger partial charge in [0.1, 0.15) is 5.82 Å². The highest BCUT2D eigenvalue weighted by Gasteiger charge is 2.23. The Hall–Kier alpha value is -2.11. The topological polar surface area (TPSA) is 72.9 Å². The third-order valence-electron chi connectivity index (χ3n) is 3.24. The van der Waals surface area contributed by atoms with Gasteiger partial charge in [-0.15, -0.1) is 0 Å². The van der Waals surface area contributed by atoms with Gasteiger partial charge >= 0.3 is 0 Å². The molecule has 3 N–H and O–H groups in total. The number of carbonyl (C=O) groups excluding carboxylic acids is 1. The quantitative estimate of drug-likeness (QED) is 0.875. The second kappa shape index (κ2) is 4.53. The van der Waals surface area contributed by atoms with E-state index in [4.69, 9.17) is 5.73 Å².